The number of thiophene rings is 6. The molecule has 0 spiro atoms. The molecule has 20 nitrogen and oxygen atoms in total. The van der Waals surface area contributed by atoms with Gasteiger partial charge >= 0.3 is 0 Å². The number of nitrogens with one attached hydrogen (secondary N) is 6. The predicted octanol–water partition coefficient (Wildman–Crippen LogP) is 29.6. The molecule has 24 rings (SSSR count). The Morgan fingerprint density at radius 1 is 0.343 bits per heavy atom. The fourth-order valence-electron chi connectivity index (χ4n) is 19.1. The van der Waals surface area contributed by atoms with Crippen LogP contribution in [-0.2, 0) is 99.6 Å². The van der Waals surface area contributed by atoms with Gasteiger partial charge in [0.2, 0.25) is 35.4 Å². The minimum absolute atomic E-state index is 0.0122. The fourth-order valence-corrected chi connectivity index (χ4v) is 33.8. The van der Waals surface area contributed by atoms with Gasteiger partial charge in [-0.05, 0) is 254 Å². The number of benzene rings is 6. The molecule has 0 saturated heterocycles. The molecule has 18 aromatic rings. The summed E-state index contributed by atoms with van der Waals surface area (Å²) in [7, 11) is 0. The van der Waals surface area contributed by atoms with Gasteiger partial charge in [0.15, 0.2) is 0 Å². The summed E-state index contributed by atoms with van der Waals surface area (Å²) in [6.07, 6.45) is 19.4. The van der Waals surface area contributed by atoms with Crippen LogP contribution < -0.4 is 31.9 Å². The van der Waals surface area contributed by atoms with Crippen molar-refractivity contribution in [3.63, 3.8) is 0 Å². The zero-order valence-electron chi connectivity index (χ0n) is 79.7. The summed E-state index contributed by atoms with van der Waals surface area (Å²) in [5.41, 5.74) is 22.1. The van der Waals surface area contributed by atoms with E-state index in [0.29, 0.717) is 17.5 Å². The summed E-state index contributed by atoms with van der Waals surface area (Å²) >= 11 is 20.4. The number of likely N-dealkylation sites (N-methyl/N-ethyl adjacent to an activating group) is 1. The highest BCUT2D eigenvalue weighted by Crippen LogP contribution is 2.55. The third kappa shape index (κ3) is 21.7. The van der Waals surface area contributed by atoms with E-state index >= 15 is 0 Å². The molecule has 0 fully saturated rings. The number of anilines is 6. The van der Waals surface area contributed by atoms with Crippen LogP contribution in [0.1, 0.15) is 195 Å². The first-order valence-corrected chi connectivity index (χ1v) is 57.4. The Balaban J connectivity index is 0.000000107. The number of amides is 6. The maximum absolute atomic E-state index is 13.4. The first-order chi connectivity index (χ1) is 67.8. The number of rotatable bonds is 14. The second kappa shape index (κ2) is 43.4. The summed E-state index contributed by atoms with van der Waals surface area (Å²) in [6, 6.07) is 44.5. The molecule has 6 aromatic carbocycles. The van der Waals surface area contributed by atoms with Gasteiger partial charge in [0.25, 0.3) is 0 Å². The third-order valence-corrected chi connectivity index (χ3v) is 38.9. The monoisotopic (exact) mass is 2090 g/mol. The van der Waals surface area contributed by atoms with E-state index in [1.165, 1.54) is 161 Å². The molecule has 2 aliphatic heterocycles. The van der Waals surface area contributed by atoms with Gasteiger partial charge in [0.1, 0.15) is 65.9 Å². The molecule has 6 amide bonds. The molecular formula is C107H107FN14O6S12. The van der Waals surface area contributed by atoms with Gasteiger partial charge in [-0.2, -0.15) is 0 Å². The summed E-state index contributed by atoms with van der Waals surface area (Å²) in [6.45, 7) is 25.5. The van der Waals surface area contributed by atoms with Crippen LogP contribution in [0.4, 0.5) is 34.4 Å². The van der Waals surface area contributed by atoms with E-state index < -0.39 is 0 Å². The normalized spacial score (nSPS) is 14.8. The zero-order valence-corrected chi connectivity index (χ0v) is 89.5. The highest BCUT2D eigenvalue weighted by atomic mass is 32.1. The minimum atomic E-state index is -0.274. The SMILES string of the molecule is CC(=O)Nc1sc2c(c1-c1nc3cc(C)ccc3s1)CCCC2.CC(=O)Nc1sc2c(c1-c1nc3cc(F)ccc3s1)CCCC2.CC(=O)Nc1sc2c(c1-c1nc3ccccc3s1)C(C)CCC2.CC(=O)Nc1sc2c(c1-c1nc3ccccc3s1)CCCC2.CC(=O)Nc1sc2c(c1-c1nc3ccccc3s1)CCN(C(C)C)C2.CCN1CCc2c(sc(NC(C)=O)c2-c2nc3ccccc3s2)C1. The van der Waals surface area contributed by atoms with Crippen molar-refractivity contribution in [2.75, 3.05) is 51.5 Å². The number of aromatic nitrogens is 6. The molecule has 1 atom stereocenters. The van der Waals surface area contributed by atoms with Gasteiger partial charge < -0.3 is 31.9 Å². The van der Waals surface area contributed by atoms with Crippen molar-refractivity contribution in [3.05, 3.63) is 207 Å². The van der Waals surface area contributed by atoms with Crippen LogP contribution in [0.2, 0.25) is 0 Å². The van der Waals surface area contributed by atoms with Gasteiger partial charge in [-0.3, -0.25) is 38.6 Å². The lowest BCUT2D eigenvalue weighted by molar-refractivity contribution is -0.115. The zero-order chi connectivity index (χ0) is 97.3. The van der Waals surface area contributed by atoms with Crippen LogP contribution in [-0.4, -0.2) is 101 Å². The summed E-state index contributed by atoms with van der Waals surface area (Å²) in [5.74, 6) is 0.0895. The molecule has 6 N–H and O–H groups in total. The van der Waals surface area contributed by atoms with E-state index in [0.717, 1.165) is 217 Å². The van der Waals surface area contributed by atoms with Gasteiger partial charge in [0.05, 0.1) is 61.3 Å². The van der Waals surface area contributed by atoms with Crippen LogP contribution in [0.15, 0.2) is 133 Å². The molecular weight excluding hydrogens is 1980 g/mol. The Bertz CT molecular complexity index is 7470. The predicted molar refractivity (Wildman–Crippen MR) is 593 cm³/mol. The fraction of sp³-hybridized carbons (Fsp3) is 0.327. The van der Waals surface area contributed by atoms with Crippen molar-refractivity contribution in [1.29, 1.82) is 0 Å². The van der Waals surface area contributed by atoms with E-state index in [1.807, 2.05) is 66.7 Å². The maximum atomic E-state index is 13.4. The molecule has 0 saturated carbocycles. The van der Waals surface area contributed by atoms with E-state index in [2.05, 4.69) is 130 Å². The number of aryl methyl sites for hydroxylation is 5. The Morgan fingerprint density at radius 3 is 1.01 bits per heavy atom. The van der Waals surface area contributed by atoms with E-state index in [-0.39, 0.29) is 41.3 Å². The molecule has 4 aliphatic carbocycles. The summed E-state index contributed by atoms with van der Waals surface area (Å²) in [5, 5.41) is 29.8. The van der Waals surface area contributed by atoms with Crippen LogP contribution in [0.5, 0.6) is 0 Å². The van der Waals surface area contributed by atoms with Crippen LogP contribution in [0.3, 0.4) is 0 Å². The van der Waals surface area contributed by atoms with Gasteiger partial charge in [-0.25, -0.2) is 34.3 Å². The Labute approximate surface area is 860 Å². The van der Waals surface area contributed by atoms with E-state index in [1.54, 1.807) is 177 Å². The van der Waals surface area contributed by atoms with Crippen molar-refractivity contribution >= 4 is 263 Å². The van der Waals surface area contributed by atoms with Gasteiger partial charge in [-0.15, -0.1) is 136 Å². The molecule has 6 aliphatic rings. The molecule has 720 valence electrons. The van der Waals surface area contributed by atoms with Gasteiger partial charge in [0, 0.05) is 142 Å². The second-order valence-electron chi connectivity index (χ2n) is 36.2. The quantitative estimate of drug-likeness (QED) is 0.0592. The average Bonchev–Trinajstić information content (AvgIpc) is 1.62. The van der Waals surface area contributed by atoms with Crippen LogP contribution >= 0.6 is 136 Å². The number of hydrogen-bond acceptors (Lipinski definition) is 26. The number of hydrogen-bond donors (Lipinski definition) is 6. The lowest BCUT2D eigenvalue weighted by atomic mass is 9.86. The topological polar surface area (TPSA) is 258 Å². The highest BCUT2D eigenvalue weighted by Gasteiger charge is 2.35. The largest absolute Gasteiger partial charge is 0.317 e. The number of fused-ring (bicyclic) bond motifs is 12. The Kier molecular flexibility index (Phi) is 30.5. The second-order valence-corrected chi connectivity index (χ2v) is 49.0. The first-order valence-electron chi connectivity index (χ1n) is 47.6. The molecule has 0 radical (unpaired) electrons. The minimum Gasteiger partial charge on any atom is -0.317 e. The molecule has 33 heteroatoms. The lowest BCUT2D eigenvalue weighted by Gasteiger charge is -2.30. The van der Waals surface area contributed by atoms with Crippen molar-refractivity contribution in [1.82, 2.24) is 39.7 Å². The number of nitrogens with zero attached hydrogens (tertiary/aromatic N) is 8. The summed E-state index contributed by atoms with van der Waals surface area (Å²) in [4.78, 5) is 112. The molecule has 12 aromatic heterocycles. The number of halogens is 1. The van der Waals surface area contributed by atoms with Crippen LogP contribution in [0.25, 0.3) is 125 Å². The van der Waals surface area contributed by atoms with Crippen LogP contribution in [0, 0.1) is 12.7 Å². The molecule has 1 unspecified atom stereocenters. The number of carbonyl (C=O) groups is 6. The van der Waals surface area contributed by atoms with E-state index in [4.69, 9.17) is 24.9 Å². The lowest BCUT2D eigenvalue weighted by Crippen LogP contribution is -2.35. The molecule has 140 heavy (non-hydrogen) atoms. The molecule has 14 heterocycles. The average molecular weight is 2090 g/mol. The first kappa shape index (κ1) is 98.3. The number of para-hydroxylation sites is 4. The van der Waals surface area contributed by atoms with Crippen molar-refractivity contribution in [2.45, 2.75) is 210 Å². The van der Waals surface area contributed by atoms with Crippen molar-refractivity contribution in [2.24, 2.45) is 0 Å². The Morgan fingerprint density at radius 2 is 0.643 bits per heavy atom. The standard InChI is InChI=1S/C19H21N3OS2.C18H19N3OS2.2C18H18N2OS2.C17H15FN2OS2.C17H16N2OS2/c1-11(2)22-9-8-13-16(10-22)25-18(20-12(3)23)17(13)19-21-14-6-4-5-7-15(14)24-19;1-3-21-9-8-12-15(10-21)24-17(19-11(2)22)16(12)18-20-13-6-4-5-7-14(13)23-18;1-10-6-5-9-14-15(10)16(17(23-14)19-11(2)21)18-20-12-7-3-4-8-13(12)22-18;1-10-7-8-15-13(9-10)20-18(23-15)16-12-5-3-4-6-14(12)22-17(16)19-11(2)21;1-9(21)19-16-15(11-4-2-3-5-13(11)22-16)17-20-12-8-10(18)6-7-14(12)23-17;1-10(20)18-16-15(11-6-2-4-8-13(11)21-16)17-19-12-7-3-5-9-14(12)22-17/h4-7,11H,8-10H2,1-3H3,(H,20,23);4-7H,3,8-10H2,1-2H3,(H,19,22);3-4,7-8,10H,5-6,9H2,1-2H3,(H,19,21);7-9H,3-6H2,1-2H3,(H,19,21);6-8H,2-5H2,1H3,(H,19,21);3,5,7,9H,2,4,6,8H2,1H3,(H,18,20). The highest BCUT2D eigenvalue weighted by molar-refractivity contribution is 7.26. The number of carbonyl (C=O) groups excluding carboxylic acids is 6. The molecule has 0 bridgehead atoms. The maximum Gasteiger partial charge on any atom is 0.221 e. The summed E-state index contributed by atoms with van der Waals surface area (Å²) < 4.78 is 20.4. The van der Waals surface area contributed by atoms with Gasteiger partial charge in [-0.1, -0.05) is 68.4 Å². The third-order valence-electron chi connectivity index (χ3n) is 25.6. The van der Waals surface area contributed by atoms with Crippen molar-refractivity contribution in [3.8, 4) is 63.4 Å². The Hall–Kier alpha value is -10.5. The smallest absolute Gasteiger partial charge is 0.221 e. The number of thiazole rings is 6. The van der Waals surface area contributed by atoms with E-state index in [9.17, 15) is 33.2 Å². The van der Waals surface area contributed by atoms with Crippen molar-refractivity contribution < 1.29 is 33.2 Å².